The molecule has 1 atom stereocenters. The number of rotatable bonds is 11. The van der Waals surface area contributed by atoms with Crippen molar-refractivity contribution >= 4 is 35.0 Å². The standard InChI is InChI=1S/C29H32Cl2N2O2/c1-3-4-17-32-29(35)21(2)33(20-22-15-16-26(30)27(31)18-22)28(34)19-25(23-11-7-5-8-12-23)24-13-9-6-10-14-24/h5-16,18,21,25H,3-4,17,19-20H2,1-2H3,(H,32,35). The first kappa shape index (κ1) is 26.8. The summed E-state index contributed by atoms with van der Waals surface area (Å²) in [6.45, 7) is 4.69. The maximum absolute atomic E-state index is 13.8. The maximum Gasteiger partial charge on any atom is 0.242 e. The van der Waals surface area contributed by atoms with Crippen LogP contribution >= 0.6 is 23.2 Å². The van der Waals surface area contributed by atoms with E-state index in [1.165, 1.54) is 0 Å². The lowest BCUT2D eigenvalue weighted by Gasteiger charge is -2.30. The summed E-state index contributed by atoms with van der Waals surface area (Å²) in [5, 5.41) is 3.83. The molecular weight excluding hydrogens is 479 g/mol. The zero-order chi connectivity index (χ0) is 25.2. The van der Waals surface area contributed by atoms with E-state index in [1.807, 2.05) is 66.7 Å². The lowest BCUT2D eigenvalue weighted by molar-refractivity contribution is -0.140. The minimum atomic E-state index is -0.638. The van der Waals surface area contributed by atoms with Gasteiger partial charge in [-0.3, -0.25) is 9.59 Å². The maximum atomic E-state index is 13.8. The van der Waals surface area contributed by atoms with Crippen LogP contribution in [0.15, 0.2) is 78.9 Å². The summed E-state index contributed by atoms with van der Waals surface area (Å²) in [5.74, 6) is -0.397. The number of carbonyl (C=O) groups excluding carboxylic acids is 2. The molecule has 0 fully saturated rings. The topological polar surface area (TPSA) is 49.4 Å². The fourth-order valence-electron chi connectivity index (χ4n) is 4.04. The highest BCUT2D eigenvalue weighted by molar-refractivity contribution is 6.42. The first-order chi connectivity index (χ1) is 16.9. The molecule has 0 aromatic heterocycles. The van der Waals surface area contributed by atoms with E-state index in [9.17, 15) is 9.59 Å². The van der Waals surface area contributed by atoms with Gasteiger partial charge in [0.1, 0.15) is 6.04 Å². The van der Waals surface area contributed by atoms with Crippen molar-refractivity contribution in [3.05, 3.63) is 106 Å². The largest absolute Gasteiger partial charge is 0.354 e. The Kier molecular flexibility index (Phi) is 10.2. The van der Waals surface area contributed by atoms with Gasteiger partial charge in [-0.1, -0.05) is 103 Å². The number of carbonyl (C=O) groups is 2. The number of hydrogen-bond donors (Lipinski definition) is 1. The molecule has 0 spiro atoms. The first-order valence-corrected chi connectivity index (χ1v) is 12.8. The van der Waals surface area contributed by atoms with Crippen molar-refractivity contribution in [2.75, 3.05) is 6.54 Å². The molecule has 1 N–H and O–H groups in total. The number of unbranched alkanes of at least 4 members (excludes halogenated alkanes) is 1. The van der Waals surface area contributed by atoms with Crippen LogP contribution < -0.4 is 5.32 Å². The van der Waals surface area contributed by atoms with Gasteiger partial charge in [0, 0.05) is 25.4 Å². The van der Waals surface area contributed by atoms with Gasteiger partial charge in [0.2, 0.25) is 11.8 Å². The summed E-state index contributed by atoms with van der Waals surface area (Å²) < 4.78 is 0. The van der Waals surface area contributed by atoms with E-state index in [2.05, 4.69) is 12.2 Å². The Morgan fingerprint density at radius 2 is 1.49 bits per heavy atom. The molecule has 0 aliphatic carbocycles. The molecule has 0 aliphatic heterocycles. The van der Waals surface area contributed by atoms with Crippen molar-refractivity contribution < 1.29 is 9.59 Å². The molecule has 35 heavy (non-hydrogen) atoms. The third-order valence-electron chi connectivity index (χ3n) is 6.12. The number of halogens is 2. The Balaban J connectivity index is 1.90. The smallest absolute Gasteiger partial charge is 0.242 e. The molecule has 2 amide bonds. The quantitative estimate of drug-likeness (QED) is 0.286. The highest BCUT2D eigenvalue weighted by Crippen LogP contribution is 2.30. The van der Waals surface area contributed by atoms with Gasteiger partial charge in [-0.25, -0.2) is 0 Å². The van der Waals surface area contributed by atoms with Crippen molar-refractivity contribution in [3.63, 3.8) is 0 Å². The van der Waals surface area contributed by atoms with Crippen LogP contribution in [-0.2, 0) is 16.1 Å². The van der Waals surface area contributed by atoms with Crippen LogP contribution in [0.4, 0.5) is 0 Å². The molecule has 3 rings (SSSR count). The average molecular weight is 511 g/mol. The zero-order valence-electron chi connectivity index (χ0n) is 20.2. The fraction of sp³-hybridized carbons (Fsp3) is 0.310. The van der Waals surface area contributed by atoms with Crippen molar-refractivity contribution in [1.82, 2.24) is 10.2 Å². The summed E-state index contributed by atoms with van der Waals surface area (Å²) >= 11 is 12.3. The minimum Gasteiger partial charge on any atom is -0.354 e. The Labute approximate surface area is 218 Å². The van der Waals surface area contributed by atoms with E-state index in [0.717, 1.165) is 29.5 Å². The van der Waals surface area contributed by atoms with Crippen LogP contribution in [0.1, 0.15) is 55.7 Å². The van der Waals surface area contributed by atoms with Gasteiger partial charge in [0.15, 0.2) is 0 Å². The molecule has 0 saturated carbocycles. The average Bonchev–Trinajstić information content (AvgIpc) is 2.88. The number of nitrogens with zero attached hydrogens (tertiary/aromatic N) is 1. The number of nitrogens with one attached hydrogen (secondary N) is 1. The van der Waals surface area contributed by atoms with Crippen molar-refractivity contribution in [1.29, 1.82) is 0 Å². The second kappa shape index (κ2) is 13.3. The Bertz CT molecular complexity index is 1070. The molecular formula is C29H32Cl2N2O2. The molecule has 184 valence electrons. The molecule has 4 nitrogen and oxygen atoms in total. The van der Waals surface area contributed by atoms with E-state index in [4.69, 9.17) is 23.2 Å². The monoisotopic (exact) mass is 510 g/mol. The highest BCUT2D eigenvalue weighted by Gasteiger charge is 2.29. The normalized spacial score (nSPS) is 11.8. The Morgan fingerprint density at radius 3 is 2.03 bits per heavy atom. The summed E-state index contributed by atoms with van der Waals surface area (Å²) in [7, 11) is 0. The van der Waals surface area contributed by atoms with Crippen LogP contribution in [0.3, 0.4) is 0 Å². The third kappa shape index (κ3) is 7.58. The summed E-state index contributed by atoms with van der Waals surface area (Å²) in [5.41, 5.74) is 2.93. The van der Waals surface area contributed by atoms with E-state index >= 15 is 0 Å². The number of benzene rings is 3. The second-order valence-electron chi connectivity index (χ2n) is 8.67. The highest BCUT2D eigenvalue weighted by atomic mass is 35.5. The third-order valence-corrected chi connectivity index (χ3v) is 6.86. The molecule has 3 aromatic carbocycles. The second-order valence-corrected chi connectivity index (χ2v) is 9.48. The molecule has 0 heterocycles. The number of hydrogen-bond acceptors (Lipinski definition) is 2. The van der Waals surface area contributed by atoms with Crippen LogP contribution in [-0.4, -0.2) is 29.3 Å². The Hall–Kier alpha value is -2.82. The van der Waals surface area contributed by atoms with Crippen molar-refractivity contribution in [2.45, 2.75) is 51.6 Å². The summed E-state index contributed by atoms with van der Waals surface area (Å²) in [6, 6.07) is 24.7. The summed E-state index contributed by atoms with van der Waals surface area (Å²) in [4.78, 5) is 28.4. The predicted octanol–water partition coefficient (Wildman–Crippen LogP) is 6.85. The van der Waals surface area contributed by atoms with Gasteiger partial charge in [-0.2, -0.15) is 0 Å². The lowest BCUT2D eigenvalue weighted by atomic mass is 9.88. The van der Waals surface area contributed by atoms with Gasteiger partial charge >= 0.3 is 0 Å². The molecule has 3 aromatic rings. The van der Waals surface area contributed by atoms with Crippen LogP contribution in [0, 0.1) is 0 Å². The van der Waals surface area contributed by atoms with Gasteiger partial charge < -0.3 is 10.2 Å². The fourth-order valence-corrected chi connectivity index (χ4v) is 4.36. The van der Waals surface area contributed by atoms with Gasteiger partial charge in [0.05, 0.1) is 10.0 Å². The lowest BCUT2D eigenvalue weighted by Crippen LogP contribution is -2.48. The predicted molar refractivity (Wildman–Crippen MR) is 144 cm³/mol. The van der Waals surface area contributed by atoms with Crippen LogP contribution in [0.2, 0.25) is 10.0 Å². The number of amides is 2. The van der Waals surface area contributed by atoms with Crippen LogP contribution in [0.25, 0.3) is 0 Å². The first-order valence-electron chi connectivity index (χ1n) is 12.0. The van der Waals surface area contributed by atoms with Gasteiger partial charge in [0.25, 0.3) is 0 Å². The SMILES string of the molecule is CCCCNC(=O)C(C)N(Cc1ccc(Cl)c(Cl)c1)C(=O)CC(c1ccccc1)c1ccccc1. The van der Waals surface area contributed by atoms with E-state index < -0.39 is 6.04 Å². The van der Waals surface area contributed by atoms with Crippen molar-refractivity contribution in [3.8, 4) is 0 Å². The van der Waals surface area contributed by atoms with Crippen LogP contribution in [0.5, 0.6) is 0 Å². The molecule has 0 aliphatic rings. The zero-order valence-corrected chi connectivity index (χ0v) is 21.7. The molecule has 6 heteroatoms. The van der Waals surface area contributed by atoms with E-state index in [1.54, 1.807) is 24.0 Å². The van der Waals surface area contributed by atoms with Gasteiger partial charge in [-0.05, 0) is 42.2 Å². The minimum absolute atomic E-state index is 0.105. The molecule has 0 bridgehead atoms. The molecule has 0 saturated heterocycles. The summed E-state index contributed by atoms with van der Waals surface area (Å²) in [6.07, 6.45) is 2.11. The van der Waals surface area contributed by atoms with E-state index in [0.29, 0.717) is 16.6 Å². The molecule has 0 radical (unpaired) electrons. The Morgan fingerprint density at radius 1 is 0.886 bits per heavy atom. The van der Waals surface area contributed by atoms with E-state index in [-0.39, 0.29) is 30.7 Å². The molecule has 1 unspecified atom stereocenters. The van der Waals surface area contributed by atoms with Crippen molar-refractivity contribution in [2.24, 2.45) is 0 Å². The van der Waals surface area contributed by atoms with Gasteiger partial charge in [-0.15, -0.1) is 0 Å².